The first-order valence-corrected chi connectivity index (χ1v) is 17.2. The molecule has 3 aromatic carbocycles. The molecule has 0 bridgehead atoms. The van der Waals surface area contributed by atoms with E-state index in [9.17, 15) is 19.2 Å². The molecule has 2 N–H and O–H groups in total. The predicted molar refractivity (Wildman–Crippen MR) is 192 cm³/mol. The molecular formula is C39H47N3O10. The molecule has 3 aromatic rings. The number of alkyl carbamates (subject to hydrolysis) is 1. The number of nitrogens with one attached hydrogen (secondary N) is 2. The van der Waals surface area contributed by atoms with E-state index in [2.05, 4.69) is 10.6 Å². The van der Waals surface area contributed by atoms with Gasteiger partial charge in [0.05, 0.1) is 33.8 Å². The van der Waals surface area contributed by atoms with Crippen molar-refractivity contribution in [1.29, 1.82) is 0 Å². The number of ether oxygens (including phenoxy) is 6. The first-order chi connectivity index (χ1) is 24.8. The molecule has 1 heterocycles. The van der Waals surface area contributed by atoms with E-state index in [0.717, 1.165) is 22.3 Å². The molecule has 13 nitrogen and oxygen atoms in total. The van der Waals surface area contributed by atoms with E-state index in [0.29, 0.717) is 22.8 Å². The van der Waals surface area contributed by atoms with Gasteiger partial charge >= 0.3 is 18.2 Å². The number of esters is 1. The zero-order valence-electron chi connectivity index (χ0n) is 30.6. The number of methoxy groups -OCH3 is 3. The molecule has 1 aliphatic heterocycles. The number of benzene rings is 3. The molecule has 1 unspecified atom stereocenters. The van der Waals surface area contributed by atoms with E-state index in [-0.39, 0.29) is 38.5 Å². The van der Waals surface area contributed by atoms with E-state index >= 15 is 0 Å². The Morgan fingerprint density at radius 1 is 0.885 bits per heavy atom. The van der Waals surface area contributed by atoms with Crippen molar-refractivity contribution in [2.45, 2.75) is 70.2 Å². The zero-order chi connectivity index (χ0) is 37.6. The van der Waals surface area contributed by atoms with Crippen LogP contribution in [0.15, 0.2) is 60.7 Å². The summed E-state index contributed by atoms with van der Waals surface area (Å²) in [4.78, 5) is 53.9. The summed E-state index contributed by atoms with van der Waals surface area (Å²) in [6.45, 7) is 7.00. The van der Waals surface area contributed by atoms with E-state index in [1.165, 1.54) is 26.2 Å². The van der Waals surface area contributed by atoms with Crippen molar-refractivity contribution < 1.29 is 47.6 Å². The lowest BCUT2D eigenvalue weighted by atomic mass is 9.98. The second kappa shape index (κ2) is 16.3. The van der Waals surface area contributed by atoms with Crippen molar-refractivity contribution in [1.82, 2.24) is 15.5 Å². The summed E-state index contributed by atoms with van der Waals surface area (Å²) in [6, 6.07) is 17.9. The third-order valence-electron chi connectivity index (χ3n) is 8.99. The Morgan fingerprint density at radius 2 is 1.48 bits per heavy atom. The van der Waals surface area contributed by atoms with Crippen molar-refractivity contribution in [2.75, 3.05) is 41.0 Å². The van der Waals surface area contributed by atoms with Gasteiger partial charge in [-0.3, -0.25) is 14.5 Å². The summed E-state index contributed by atoms with van der Waals surface area (Å²) in [5, 5.41) is 5.52. The smallest absolute Gasteiger partial charge is 0.410 e. The number of hydrogen-bond donors (Lipinski definition) is 2. The van der Waals surface area contributed by atoms with Crippen LogP contribution in [0.4, 0.5) is 9.59 Å². The van der Waals surface area contributed by atoms with Gasteiger partial charge in [-0.1, -0.05) is 48.5 Å². The molecule has 52 heavy (non-hydrogen) atoms. The Bertz CT molecular complexity index is 1720. The Labute approximate surface area is 303 Å². The Kier molecular flexibility index (Phi) is 11.8. The summed E-state index contributed by atoms with van der Waals surface area (Å²) < 4.78 is 33.1. The summed E-state index contributed by atoms with van der Waals surface area (Å²) in [7, 11) is 4.49. The second-order valence-corrected chi connectivity index (χ2v) is 13.7. The van der Waals surface area contributed by atoms with Crippen molar-refractivity contribution in [3.05, 3.63) is 77.4 Å². The fourth-order valence-electron chi connectivity index (χ4n) is 6.61. The summed E-state index contributed by atoms with van der Waals surface area (Å²) in [5.74, 6) is 0.0410. The number of hydrogen-bond acceptors (Lipinski definition) is 10. The lowest BCUT2D eigenvalue weighted by Crippen LogP contribution is -2.46. The molecule has 278 valence electrons. The number of nitrogens with zero attached hydrogens (tertiary/aromatic N) is 1. The summed E-state index contributed by atoms with van der Waals surface area (Å²) in [5.41, 5.74) is 4.20. The van der Waals surface area contributed by atoms with E-state index < -0.39 is 47.9 Å². The number of amides is 3. The predicted octanol–water partition coefficient (Wildman–Crippen LogP) is 5.74. The SMILES string of the molecule is COc1cc(C(C)OC(=O)CCNC(=O)[C@@H]2C[C@H](NC(=O)OC(C)(C)C)CN2C(=O)OCC2c3ccccc3-c3ccccc32)cc(OC)c1OC. The normalized spacial score (nSPS) is 16.9. The third-order valence-corrected chi connectivity index (χ3v) is 8.99. The van der Waals surface area contributed by atoms with Gasteiger partial charge in [-0.05, 0) is 74.1 Å². The molecule has 13 heteroatoms. The van der Waals surface area contributed by atoms with Gasteiger partial charge in [0.1, 0.15) is 24.4 Å². The van der Waals surface area contributed by atoms with Crippen LogP contribution >= 0.6 is 0 Å². The van der Waals surface area contributed by atoms with Gasteiger partial charge in [0.2, 0.25) is 11.7 Å². The van der Waals surface area contributed by atoms with Gasteiger partial charge in [-0.15, -0.1) is 0 Å². The average molecular weight is 718 g/mol. The minimum absolute atomic E-state index is 0.0301. The zero-order valence-corrected chi connectivity index (χ0v) is 30.6. The molecule has 1 saturated heterocycles. The monoisotopic (exact) mass is 717 g/mol. The molecule has 1 fully saturated rings. The summed E-state index contributed by atoms with van der Waals surface area (Å²) >= 11 is 0. The first kappa shape index (κ1) is 37.8. The quantitative estimate of drug-likeness (QED) is 0.175. The van der Waals surface area contributed by atoms with Crippen LogP contribution in [-0.4, -0.2) is 87.7 Å². The third kappa shape index (κ3) is 8.70. The number of carbonyl (C=O) groups excluding carboxylic acids is 4. The fourth-order valence-corrected chi connectivity index (χ4v) is 6.61. The molecule has 0 saturated carbocycles. The first-order valence-electron chi connectivity index (χ1n) is 17.2. The number of rotatable bonds is 12. The number of likely N-dealkylation sites (tertiary alicyclic amines) is 1. The highest BCUT2D eigenvalue weighted by atomic mass is 16.6. The highest BCUT2D eigenvalue weighted by molar-refractivity contribution is 5.87. The number of carbonyl (C=O) groups is 4. The van der Waals surface area contributed by atoms with Gasteiger partial charge in [-0.25, -0.2) is 9.59 Å². The van der Waals surface area contributed by atoms with Crippen LogP contribution in [0.2, 0.25) is 0 Å². The van der Waals surface area contributed by atoms with Crippen LogP contribution in [0.5, 0.6) is 17.2 Å². The highest BCUT2D eigenvalue weighted by Gasteiger charge is 2.42. The maximum Gasteiger partial charge on any atom is 0.410 e. The maximum atomic E-state index is 13.7. The lowest BCUT2D eigenvalue weighted by molar-refractivity contribution is -0.148. The topological polar surface area (TPSA) is 151 Å². The van der Waals surface area contributed by atoms with E-state index in [1.54, 1.807) is 39.8 Å². The van der Waals surface area contributed by atoms with Crippen LogP contribution in [0.3, 0.4) is 0 Å². The molecule has 0 radical (unpaired) electrons. The van der Waals surface area contributed by atoms with Crippen LogP contribution < -0.4 is 24.8 Å². The molecule has 1 aliphatic carbocycles. The minimum Gasteiger partial charge on any atom is -0.493 e. The molecule has 3 amide bonds. The summed E-state index contributed by atoms with van der Waals surface area (Å²) in [6.07, 6.45) is -2.00. The maximum absolute atomic E-state index is 13.7. The van der Waals surface area contributed by atoms with Crippen LogP contribution in [0, 0.1) is 0 Å². The Hall–Kier alpha value is -5.46. The van der Waals surface area contributed by atoms with Crippen molar-refractivity contribution in [3.8, 4) is 28.4 Å². The minimum atomic E-state index is -0.968. The van der Waals surface area contributed by atoms with Gasteiger partial charge in [0.15, 0.2) is 11.5 Å². The lowest BCUT2D eigenvalue weighted by Gasteiger charge is -2.24. The molecule has 0 aromatic heterocycles. The molecule has 0 spiro atoms. The van der Waals surface area contributed by atoms with Crippen molar-refractivity contribution >= 4 is 24.1 Å². The molecular weight excluding hydrogens is 670 g/mol. The number of fused-ring (bicyclic) bond motifs is 3. The molecule has 2 aliphatic rings. The van der Waals surface area contributed by atoms with Crippen LogP contribution in [0.25, 0.3) is 11.1 Å². The van der Waals surface area contributed by atoms with Crippen molar-refractivity contribution in [3.63, 3.8) is 0 Å². The van der Waals surface area contributed by atoms with Gasteiger partial charge < -0.3 is 39.1 Å². The average Bonchev–Trinajstić information content (AvgIpc) is 3.68. The molecule has 3 atom stereocenters. The standard InChI is InChI=1S/C39H47N3O10/c1-23(24-18-32(47-5)35(49-7)33(19-24)48-6)51-34(43)16-17-40-36(44)31-20-25(41-37(45)52-39(2,3)4)21-42(31)38(46)50-22-30-28-14-10-8-12-26(28)27-13-9-11-15-29(27)30/h8-15,18-19,23,25,30-31H,16-17,20-22H2,1-7H3,(H,40,44)(H,41,45)/t23?,25-,31-/m0/s1. The van der Waals surface area contributed by atoms with Crippen molar-refractivity contribution in [2.24, 2.45) is 0 Å². The largest absolute Gasteiger partial charge is 0.493 e. The second-order valence-electron chi connectivity index (χ2n) is 13.7. The van der Waals surface area contributed by atoms with E-state index in [1.807, 2.05) is 48.5 Å². The van der Waals surface area contributed by atoms with Gasteiger partial charge in [0, 0.05) is 19.0 Å². The Morgan fingerprint density at radius 3 is 2.04 bits per heavy atom. The van der Waals surface area contributed by atoms with E-state index in [4.69, 9.17) is 28.4 Å². The van der Waals surface area contributed by atoms with Crippen LogP contribution in [0.1, 0.15) is 69.2 Å². The molecule has 5 rings (SSSR count). The highest BCUT2D eigenvalue weighted by Crippen LogP contribution is 2.45. The fraction of sp³-hybridized carbons (Fsp3) is 0.436. The van der Waals surface area contributed by atoms with Gasteiger partial charge in [0.25, 0.3) is 0 Å². The Balaban J connectivity index is 1.21. The van der Waals surface area contributed by atoms with Crippen LogP contribution in [-0.2, 0) is 23.8 Å². The van der Waals surface area contributed by atoms with Gasteiger partial charge in [-0.2, -0.15) is 0 Å².